The second-order valence-corrected chi connectivity index (χ2v) is 10.2. The maximum atomic E-state index is 13.1. The van der Waals surface area contributed by atoms with E-state index in [4.69, 9.17) is 0 Å². The number of pyridine rings is 1. The van der Waals surface area contributed by atoms with Gasteiger partial charge < -0.3 is 0 Å². The van der Waals surface area contributed by atoms with Gasteiger partial charge in [-0.15, -0.1) is 0 Å². The summed E-state index contributed by atoms with van der Waals surface area (Å²) in [5, 5.41) is 0. The third-order valence-corrected chi connectivity index (χ3v) is 7.88. The van der Waals surface area contributed by atoms with Crippen LogP contribution in [0, 0.1) is 0 Å². The predicted octanol–water partition coefficient (Wildman–Crippen LogP) is 3.02. The molecule has 0 aliphatic carbocycles. The van der Waals surface area contributed by atoms with Crippen molar-refractivity contribution in [1.82, 2.24) is 4.98 Å². The minimum atomic E-state index is -3.83. The van der Waals surface area contributed by atoms with Crippen LogP contribution >= 0.6 is 0 Å². The zero-order chi connectivity index (χ0) is 20.5. The number of hydrogen-bond acceptors (Lipinski definition) is 5. The van der Waals surface area contributed by atoms with Crippen LogP contribution in [-0.2, 0) is 26.5 Å². The fourth-order valence-electron chi connectivity index (χ4n) is 3.29. The van der Waals surface area contributed by atoms with E-state index in [0.717, 1.165) is 12.0 Å². The lowest BCUT2D eigenvalue weighted by molar-refractivity contribution is 0.586. The lowest BCUT2D eigenvalue weighted by Crippen LogP contribution is -2.35. The molecule has 1 aromatic heterocycles. The van der Waals surface area contributed by atoms with Crippen molar-refractivity contribution in [3.8, 4) is 0 Å². The summed E-state index contributed by atoms with van der Waals surface area (Å²) in [6.07, 6.45) is 4.17. The molecule has 9 heteroatoms. The van der Waals surface area contributed by atoms with E-state index in [-0.39, 0.29) is 9.79 Å². The highest BCUT2D eigenvalue weighted by Gasteiger charge is 2.29. The molecule has 150 valence electrons. The standard InChI is InChI=1S/C20H19N3O4S2/c24-28(25,19-9-4-12-21-15-19)22-17-11-10-16-6-5-13-23(20(16)14-17)29(26,27)18-7-2-1-3-8-18/h1-4,7-12,14-15,22H,5-6,13H2. The number of hydrogen-bond donors (Lipinski definition) is 1. The summed E-state index contributed by atoms with van der Waals surface area (Å²) in [5.41, 5.74) is 1.65. The van der Waals surface area contributed by atoms with Crippen molar-refractivity contribution >= 4 is 31.4 Å². The number of fused-ring (bicyclic) bond motifs is 1. The van der Waals surface area contributed by atoms with Crippen LogP contribution in [0.5, 0.6) is 0 Å². The molecule has 0 bridgehead atoms. The van der Waals surface area contributed by atoms with Gasteiger partial charge in [-0.05, 0) is 54.8 Å². The van der Waals surface area contributed by atoms with Crippen LogP contribution in [0.25, 0.3) is 0 Å². The fourth-order valence-corrected chi connectivity index (χ4v) is 5.86. The zero-order valence-corrected chi connectivity index (χ0v) is 17.0. The number of aromatic nitrogens is 1. The third-order valence-electron chi connectivity index (χ3n) is 4.69. The molecule has 2 aromatic carbocycles. The highest BCUT2D eigenvalue weighted by molar-refractivity contribution is 7.93. The van der Waals surface area contributed by atoms with Gasteiger partial charge in [0.05, 0.1) is 16.3 Å². The third kappa shape index (κ3) is 3.83. The van der Waals surface area contributed by atoms with Crippen LogP contribution < -0.4 is 9.03 Å². The first-order valence-electron chi connectivity index (χ1n) is 9.01. The molecule has 0 atom stereocenters. The number of aryl methyl sites for hydroxylation is 1. The van der Waals surface area contributed by atoms with E-state index in [0.29, 0.717) is 24.3 Å². The Hall–Kier alpha value is -2.91. The first-order valence-corrected chi connectivity index (χ1v) is 11.9. The number of anilines is 2. The number of rotatable bonds is 5. The number of nitrogens with one attached hydrogen (secondary N) is 1. The monoisotopic (exact) mass is 429 g/mol. The Morgan fingerprint density at radius 3 is 2.38 bits per heavy atom. The topological polar surface area (TPSA) is 96.4 Å². The van der Waals surface area contributed by atoms with Gasteiger partial charge in [0.2, 0.25) is 0 Å². The van der Waals surface area contributed by atoms with E-state index in [1.165, 1.54) is 28.8 Å². The second-order valence-electron chi connectivity index (χ2n) is 6.63. The second kappa shape index (κ2) is 7.49. The molecule has 0 unspecified atom stereocenters. The lowest BCUT2D eigenvalue weighted by atomic mass is 10.0. The molecule has 0 fully saturated rings. The average Bonchev–Trinajstić information content (AvgIpc) is 2.74. The number of sulfonamides is 2. The molecule has 4 rings (SSSR count). The Kier molecular flexibility index (Phi) is 5.01. The van der Waals surface area contributed by atoms with Crippen LogP contribution in [0.3, 0.4) is 0 Å². The molecular weight excluding hydrogens is 410 g/mol. The first-order chi connectivity index (χ1) is 13.9. The molecule has 1 aliphatic rings. The van der Waals surface area contributed by atoms with E-state index in [1.54, 1.807) is 48.5 Å². The largest absolute Gasteiger partial charge is 0.280 e. The molecule has 0 saturated carbocycles. The minimum Gasteiger partial charge on any atom is -0.280 e. The molecule has 1 aliphatic heterocycles. The van der Waals surface area contributed by atoms with Gasteiger partial charge in [-0.25, -0.2) is 16.8 Å². The normalized spacial score (nSPS) is 14.3. The Labute approximate surface area is 170 Å². The zero-order valence-electron chi connectivity index (χ0n) is 15.4. The molecule has 0 spiro atoms. The first kappa shape index (κ1) is 19.4. The SMILES string of the molecule is O=S(=O)(Nc1ccc2c(c1)N(S(=O)(=O)c1ccccc1)CCC2)c1cccnc1. The van der Waals surface area contributed by atoms with Gasteiger partial charge in [0.1, 0.15) is 4.90 Å². The van der Waals surface area contributed by atoms with Crippen LogP contribution in [0.2, 0.25) is 0 Å². The van der Waals surface area contributed by atoms with Gasteiger partial charge in [-0.2, -0.15) is 0 Å². The van der Waals surface area contributed by atoms with Crippen molar-refractivity contribution in [1.29, 1.82) is 0 Å². The molecule has 7 nitrogen and oxygen atoms in total. The van der Waals surface area contributed by atoms with Gasteiger partial charge in [-0.1, -0.05) is 24.3 Å². The van der Waals surface area contributed by atoms with Crippen LogP contribution in [-0.4, -0.2) is 28.4 Å². The summed E-state index contributed by atoms with van der Waals surface area (Å²) in [7, 11) is -7.57. The van der Waals surface area contributed by atoms with Gasteiger partial charge in [0.15, 0.2) is 0 Å². The van der Waals surface area contributed by atoms with Crippen molar-refractivity contribution < 1.29 is 16.8 Å². The highest BCUT2D eigenvalue weighted by Crippen LogP contribution is 2.34. The molecular formula is C20H19N3O4S2. The molecule has 29 heavy (non-hydrogen) atoms. The summed E-state index contributed by atoms with van der Waals surface area (Å²) in [6, 6.07) is 16.2. The summed E-state index contributed by atoms with van der Waals surface area (Å²) < 4.78 is 55.3. The Bertz CT molecular complexity index is 1230. The van der Waals surface area contributed by atoms with E-state index < -0.39 is 20.0 Å². The molecule has 2 heterocycles. The minimum absolute atomic E-state index is 0.0338. The Morgan fingerprint density at radius 2 is 1.66 bits per heavy atom. The van der Waals surface area contributed by atoms with E-state index in [2.05, 4.69) is 9.71 Å². The summed E-state index contributed by atoms with van der Waals surface area (Å²) in [6.45, 7) is 0.336. The predicted molar refractivity (Wildman–Crippen MR) is 111 cm³/mol. The van der Waals surface area contributed by atoms with Gasteiger partial charge >= 0.3 is 0 Å². The Morgan fingerprint density at radius 1 is 0.897 bits per heavy atom. The highest BCUT2D eigenvalue weighted by atomic mass is 32.2. The quantitative estimate of drug-likeness (QED) is 0.673. The van der Waals surface area contributed by atoms with Crippen molar-refractivity contribution in [2.75, 3.05) is 15.6 Å². The van der Waals surface area contributed by atoms with Gasteiger partial charge in [0.25, 0.3) is 20.0 Å². The fraction of sp³-hybridized carbons (Fsp3) is 0.150. The molecule has 1 N–H and O–H groups in total. The number of nitrogens with zero attached hydrogens (tertiary/aromatic N) is 2. The molecule has 3 aromatic rings. The van der Waals surface area contributed by atoms with Crippen molar-refractivity contribution in [2.45, 2.75) is 22.6 Å². The maximum Gasteiger partial charge on any atom is 0.264 e. The van der Waals surface area contributed by atoms with E-state index >= 15 is 0 Å². The Balaban J connectivity index is 1.71. The van der Waals surface area contributed by atoms with Crippen molar-refractivity contribution in [3.05, 3.63) is 78.6 Å². The van der Waals surface area contributed by atoms with Crippen molar-refractivity contribution in [3.63, 3.8) is 0 Å². The maximum absolute atomic E-state index is 13.1. The smallest absolute Gasteiger partial charge is 0.264 e. The average molecular weight is 430 g/mol. The summed E-state index contributed by atoms with van der Waals surface area (Å²) >= 11 is 0. The summed E-state index contributed by atoms with van der Waals surface area (Å²) in [4.78, 5) is 4.07. The number of benzene rings is 2. The molecule has 0 radical (unpaired) electrons. The lowest BCUT2D eigenvalue weighted by Gasteiger charge is -2.31. The summed E-state index contributed by atoms with van der Waals surface area (Å²) in [5.74, 6) is 0. The van der Waals surface area contributed by atoms with Crippen LogP contribution in [0.4, 0.5) is 11.4 Å². The van der Waals surface area contributed by atoms with Gasteiger partial charge in [0, 0.05) is 18.9 Å². The molecule has 0 saturated heterocycles. The van der Waals surface area contributed by atoms with E-state index in [9.17, 15) is 16.8 Å². The van der Waals surface area contributed by atoms with Crippen LogP contribution in [0.15, 0.2) is 82.8 Å². The van der Waals surface area contributed by atoms with Gasteiger partial charge in [-0.3, -0.25) is 14.0 Å². The van der Waals surface area contributed by atoms with Crippen molar-refractivity contribution in [2.24, 2.45) is 0 Å². The van der Waals surface area contributed by atoms with Crippen LogP contribution in [0.1, 0.15) is 12.0 Å². The van der Waals surface area contributed by atoms with E-state index in [1.807, 2.05) is 0 Å². The molecule has 0 amide bonds.